The van der Waals surface area contributed by atoms with Gasteiger partial charge in [-0.1, -0.05) is 46.5 Å². The molecule has 1 spiro atoms. The molecule has 21 heavy (non-hydrogen) atoms. The van der Waals surface area contributed by atoms with E-state index in [-0.39, 0.29) is 5.60 Å². The Morgan fingerprint density at radius 3 is 2.33 bits per heavy atom. The number of hydrogen-bond donors (Lipinski definition) is 1. The largest absolute Gasteiger partial charge is 0.375 e. The molecule has 124 valence electrons. The first-order chi connectivity index (χ1) is 10.2. The molecule has 1 saturated carbocycles. The second-order valence-electron chi connectivity index (χ2n) is 7.41. The van der Waals surface area contributed by atoms with Crippen LogP contribution in [0.25, 0.3) is 0 Å². The van der Waals surface area contributed by atoms with Crippen molar-refractivity contribution in [3.63, 3.8) is 0 Å². The summed E-state index contributed by atoms with van der Waals surface area (Å²) >= 11 is 0. The van der Waals surface area contributed by atoms with Gasteiger partial charge in [-0.3, -0.25) is 0 Å². The average molecular weight is 296 g/mol. The molecule has 0 bridgehead atoms. The number of nitrogens with one attached hydrogen (secondary N) is 1. The lowest BCUT2D eigenvalue weighted by atomic mass is 9.74. The molecule has 1 aliphatic heterocycles. The molecule has 0 radical (unpaired) electrons. The predicted molar refractivity (Wildman–Crippen MR) is 90.6 cm³/mol. The van der Waals surface area contributed by atoms with Gasteiger partial charge < -0.3 is 10.1 Å². The van der Waals surface area contributed by atoms with Crippen LogP contribution in [0.3, 0.4) is 0 Å². The Morgan fingerprint density at radius 2 is 1.76 bits per heavy atom. The lowest BCUT2D eigenvalue weighted by Gasteiger charge is -2.44. The molecule has 1 saturated heterocycles. The number of ether oxygens (including phenoxy) is 1. The van der Waals surface area contributed by atoms with Gasteiger partial charge in [-0.2, -0.15) is 0 Å². The van der Waals surface area contributed by atoms with Gasteiger partial charge in [0.25, 0.3) is 0 Å². The Morgan fingerprint density at radius 1 is 1.10 bits per heavy atom. The van der Waals surface area contributed by atoms with Crippen molar-refractivity contribution in [1.82, 2.24) is 5.32 Å². The highest BCUT2D eigenvalue weighted by Crippen LogP contribution is 2.44. The minimum absolute atomic E-state index is 0.263. The van der Waals surface area contributed by atoms with Crippen LogP contribution in [-0.4, -0.2) is 24.8 Å². The first kappa shape index (κ1) is 17.3. The maximum Gasteiger partial charge on any atom is 0.0685 e. The molecule has 2 unspecified atom stereocenters. The van der Waals surface area contributed by atoms with Crippen LogP contribution in [0, 0.1) is 11.8 Å². The summed E-state index contributed by atoms with van der Waals surface area (Å²) in [6.07, 6.45) is 13.4. The molecular formula is C19H37NO. The van der Waals surface area contributed by atoms with Gasteiger partial charge in [0.2, 0.25) is 0 Å². The Balaban J connectivity index is 2.04. The number of hydrogen-bond acceptors (Lipinski definition) is 2. The molecule has 2 aliphatic rings. The normalized spacial score (nSPS) is 26.6. The maximum atomic E-state index is 6.26. The van der Waals surface area contributed by atoms with Gasteiger partial charge in [0.1, 0.15) is 0 Å². The van der Waals surface area contributed by atoms with Crippen LogP contribution in [0.15, 0.2) is 0 Å². The van der Waals surface area contributed by atoms with Gasteiger partial charge >= 0.3 is 0 Å². The molecule has 1 aliphatic carbocycles. The average Bonchev–Trinajstić information content (AvgIpc) is 2.92. The molecule has 2 rings (SSSR count). The summed E-state index contributed by atoms with van der Waals surface area (Å²) in [5, 5.41) is 3.87. The molecular weight excluding hydrogens is 258 g/mol. The molecule has 0 aromatic heterocycles. The van der Waals surface area contributed by atoms with E-state index in [1.54, 1.807) is 0 Å². The summed E-state index contributed by atoms with van der Waals surface area (Å²) in [5.41, 5.74) is 0.263. The molecule has 0 aromatic carbocycles. The SMILES string of the molecule is CCCC(CCC)C(NCC)C1CCOC2(CCCC2)C1. The molecule has 1 heterocycles. The van der Waals surface area contributed by atoms with Crippen LogP contribution in [0.1, 0.15) is 85.0 Å². The van der Waals surface area contributed by atoms with Crippen molar-refractivity contribution in [2.45, 2.75) is 96.6 Å². The van der Waals surface area contributed by atoms with Crippen molar-refractivity contribution < 1.29 is 4.74 Å². The smallest absolute Gasteiger partial charge is 0.0685 e. The second kappa shape index (κ2) is 8.53. The van der Waals surface area contributed by atoms with Crippen molar-refractivity contribution in [3.8, 4) is 0 Å². The van der Waals surface area contributed by atoms with E-state index in [1.165, 1.54) is 64.2 Å². The van der Waals surface area contributed by atoms with E-state index in [0.717, 1.165) is 31.0 Å². The van der Waals surface area contributed by atoms with Gasteiger partial charge in [-0.05, 0) is 56.9 Å². The topological polar surface area (TPSA) is 21.3 Å². The first-order valence-electron chi connectivity index (χ1n) is 9.62. The first-order valence-corrected chi connectivity index (χ1v) is 9.62. The van der Waals surface area contributed by atoms with Crippen LogP contribution in [0.2, 0.25) is 0 Å². The monoisotopic (exact) mass is 295 g/mol. The summed E-state index contributed by atoms with van der Waals surface area (Å²) < 4.78 is 6.26. The van der Waals surface area contributed by atoms with E-state index in [9.17, 15) is 0 Å². The van der Waals surface area contributed by atoms with E-state index >= 15 is 0 Å². The molecule has 0 aromatic rings. The van der Waals surface area contributed by atoms with E-state index < -0.39 is 0 Å². The van der Waals surface area contributed by atoms with Crippen molar-refractivity contribution in [1.29, 1.82) is 0 Å². The van der Waals surface area contributed by atoms with Crippen LogP contribution in [0.4, 0.5) is 0 Å². The molecule has 0 amide bonds. The quantitative estimate of drug-likeness (QED) is 0.686. The second-order valence-corrected chi connectivity index (χ2v) is 7.41. The highest BCUT2D eigenvalue weighted by Gasteiger charge is 2.42. The van der Waals surface area contributed by atoms with E-state index in [1.807, 2.05) is 0 Å². The van der Waals surface area contributed by atoms with Crippen molar-refractivity contribution in [2.75, 3.05) is 13.2 Å². The minimum atomic E-state index is 0.263. The standard InChI is InChI=1S/C19H37NO/c1-4-9-16(10-5-2)18(20-6-3)17-11-14-21-19(15-17)12-7-8-13-19/h16-18,20H,4-15H2,1-3H3. The lowest BCUT2D eigenvalue weighted by molar-refractivity contribution is -0.101. The fraction of sp³-hybridized carbons (Fsp3) is 1.00. The fourth-order valence-corrected chi connectivity index (χ4v) is 4.94. The zero-order valence-electron chi connectivity index (χ0n) is 14.6. The predicted octanol–water partition coefficient (Wildman–Crippen LogP) is 4.92. The molecule has 2 heteroatoms. The fourth-order valence-electron chi connectivity index (χ4n) is 4.94. The summed E-state index contributed by atoms with van der Waals surface area (Å²) in [6.45, 7) is 9.06. The van der Waals surface area contributed by atoms with Crippen molar-refractivity contribution in [2.24, 2.45) is 11.8 Å². The van der Waals surface area contributed by atoms with E-state index in [0.29, 0.717) is 0 Å². The highest BCUT2D eigenvalue weighted by atomic mass is 16.5. The van der Waals surface area contributed by atoms with Gasteiger partial charge in [-0.25, -0.2) is 0 Å². The third-order valence-electron chi connectivity index (χ3n) is 5.82. The zero-order chi connectivity index (χ0) is 15.1. The third-order valence-corrected chi connectivity index (χ3v) is 5.82. The van der Waals surface area contributed by atoms with Crippen molar-refractivity contribution in [3.05, 3.63) is 0 Å². The zero-order valence-corrected chi connectivity index (χ0v) is 14.6. The number of rotatable bonds is 8. The van der Waals surface area contributed by atoms with E-state index in [2.05, 4.69) is 26.1 Å². The molecule has 2 atom stereocenters. The van der Waals surface area contributed by atoms with E-state index in [4.69, 9.17) is 4.74 Å². The highest BCUT2D eigenvalue weighted by molar-refractivity contribution is 4.95. The summed E-state index contributed by atoms with van der Waals surface area (Å²) in [5.74, 6) is 1.70. The maximum absolute atomic E-state index is 6.26. The van der Waals surface area contributed by atoms with Gasteiger partial charge in [0.15, 0.2) is 0 Å². The van der Waals surface area contributed by atoms with Gasteiger partial charge in [0, 0.05) is 12.6 Å². The van der Waals surface area contributed by atoms with Gasteiger partial charge in [0.05, 0.1) is 5.60 Å². The molecule has 2 nitrogen and oxygen atoms in total. The summed E-state index contributed by atoms with van der Waals surface area (Å²) in [7, 11) is 0. The van der Waals surface area contributed by atoms with Gasteiger partial charge in [-0.15, -0.1) is 0 Å². The Bertz CT molecular complexity index is 279. The third kappa shape index (κ3) is 4.45. The summed E-state index contributed by atoms with van der Waals surface area (Å²) in [4.78, 5) is 0. The molecule has 2 fully saturated rings. The Labute approximate surface area is 132 Å². The van der Waals surface area contributed by atoms with Crippen LogP contribution in [-0.2, 0) is 4.74 Å². The van der Waals surface area contributed by atoms with Crippen LogP contribution in [0.5, 0.6) is 0 Å². The molecule has 1 N–H and O–H groups in total. The van der Waals surface area contributed by atoms with Crippen LogP contribution < -0.4 is 5.32 Å². The van der Waals surface area contributed by atoms with Crippen molar-refractivity contribution >= 4 is 0 Å². The Hall–Kier alpha value is -0.0800. The van der Waals surface area contributed by atoms with Crippen LogP contribution >= 0.6 is 0 Å². The lowest BCUT2D eigenvalue weighted by Crippen LogP contribution is -2.49. The minimum Gasteiger partial charge on any atom is -0.375 e. The summed E-state index contributed by atoms with van der Waals surface area (Å²) in [6, 6.07) is 0.719. The Kier molecular flexibility index (Phi) is 7.01.